The van der Waals surface area contributed by atoms with Crippen molar-refractivity contribution in [1.29, 1.82) is 0 Å². The van der Waals surface area contributed by atoms with Gasteiger partial charge >= 0.3 is 11.7 Å². The predicted octanol–water partition coefficient (Wildman–Crippen LogP) is 1.63. The van der Waals surface area contributed by atoms with Gasteiger partial charge < -0.3 is 19.6 Å². The summed E-state index contributed by atoms with van der Waals surface area (Å²) in [5, 5.41) is 9.75. The topological polar surface area (TPSA) is 119 Å². The van der Waals surface area contributed by atoms with Crippen LogP contribution in [0.4, 0.5) is 0 Å². The Kier molecular flexibility index (Phi) is 4.36. The van der Waals surface area contributed by atoms with Gasteiger partial charge in [0.1, 0.15) is 11.3 Å². The van der Waals surface area contributed by atoms with Crippen molar-refractivity contribution in [3.63, 3.8) is 0 Å². The van der Waals surface area contributed by atoms with Crippen LogP contribution in [0.2, 0.25) is 0 Å². The highest BCUT2D eigenvalue weighted by molar-refractivity contribution is 5.99. The van der Waals surface area contributed by atoms with Gasteiger partial charge in [-0.3, -0.25) is 4.57 Å². The number of aromatic amines is 1. The number of nitrogens with zero attached hydrogens (tertiary/aromatic N) is 3. The van der Waals surface area contributed by atoms with Gasteiger partial charge in [0, 0.05) is 24.8 Å². The maximum absolute atomic E-state index is 12.6. The van der Waals surface area contributed by atoms with Crippen molar-refractivity contribution in [2.45, 2.75) is 18.9 Å². The average Bonchev–Trinajstić information content (AvgIpc) is 3.03. The first-order chi connectivity index (χ1) is 13.1. The SMILES string of the molecule is COC(=O)c1nc(-c2cccc(O)c2)nc2c1[nH]c(=O)n2C1CCOCC1. The van der Waals surface area contributed by atoms with Crippen molar-refractivity contribution >= 4 is 17.1 Å². The monoisotopic (exact) mass is 370 g/mol. The number of fused-ring (bicyclic) bond motifs is 1. The largest absolute Gasteiger partial charge is 0.508 e. The van der Waals surface area contributed by atoms with E-state index in [1.165, 1.54) is 19.2 Å². The van der Waals surface area contributed by atoms with Gasteiger partial charge in [-0.25, -0.2) is 19.6 Å². The lowest BCUT2D eigenvalue weighted by molar-refractivity contribution is 0.0596. The fourth-order valence-corrected chi connectivity index (χ4v) is 3.30. The number of rotatable bonds is 3. The van der Waals surface area contributed by atoms with E-state index in [0.29, 0.717) is 37.3 Å². The van der Waals surface area contributed by atoms with Crippen LogP contribution in [0.5, 0.6) is 5.75 Å². The first-order valence-corrected chi connectivity index (χ1v) is 8.56. The first-order valence-electron chi connectivity index (χ1n) is 8.56. The molecule has 1 saturated heterocycles. The van der Waals surface area contributed by atoms with Crippen LogP contribution < -0.4 is 5.69 Å². The van der Waals surface area contributed by atoms with Crippen molar-refractivity contribution < 1.29 is 19.4 Å². The molecule has 140 valence electrons. The van der Waals surface area contributed by atoms with Gasteiger partial charge in [-0.05, 0) is 25.0 Å². The standard InChI is InChI=1S/C18H18N4O5/c1-26-17(24)14-13-16(21-15(19-14)10-3-2-4-12(23)9-10)22(18(25)20-13)11-5-7-27-8-6-11/h2-4,9,11,23H,5-8H2,1H3,(H,20,25). The Morgan fingerprint density at radius 2 is 2.11 bits per heavy atom. The highest BCUT2D eigenvalue weighted by Gasteiger charge is 2.26. The summed E-state index contributed by atoms with van der Waals surface area (Å²) in [5.41, 5.74) is 0.713. The number of hydrogen-bond acceptors (Lipinski definition) is 7. The molecule has 27 heavy (non-hydrogen) atoms. The van der Waals surface area contributed by atoms with Crippen LogP contribution in [-0.4, -0.2) is 50.9 Å². The van der Waals surface area contributed by atoms with Crippen LogP contribution >= 0.6 is 0 Å². The van der Waals surface area contributed by atoms with Crippen molar-refractivity contribution in [3.05, 3.63) is 40.4 Å². The zero-order chi connectivity index (χ0) is 19.0. The minimum absolute atomic E-state index is 0.0243. The number of nitrogens with one attached hydrogen (secondary N) is 1. The number of benzene rings is 1. The van der Waals surface area contributed by atoms with Crippen LogP contribution in [-0.2, 0) is 9.47 Å². The summed E-state index contributed by atoms with van der Waals surface area (Å²) < 4.78 is 11.8. The zero-order valence-corrected chi connectivity index (χ0v) is 14.6. The number of phenols is 1. The summed E-state index contributed by atoms with van der Waals surface area (Å²) in [4.78, 5) is 36.4. The summed E-state index contributed by atoms with van der Waals surface area (Å²) in [5.74, 6) is -0.408. The Morgan fingerprint density at radius 1 is 1.33 bits per heavy atom. The number of esters is 1. The average molecular weight is 370 g/mol. The number of ether oxygens (including phenoxy) is 2. The molecule has 1 fully saturated rings. The molecule has 0 radical (unpaired) electrons. The van der Waals surface area contributed by atoms with Gasteiger partial charge in [0.25, 0.3) is 0 Å². The lowest BCUT2D eigenvalue weighted by Crippen LogP contribution is -2.27. The van der Waals surface area contributed by atoms with Crippen LogP contribution in [0.15, 0.2) is 29.1 Å². The van der Waals surface area contributed by atoms with Crippen molar-refractivity contribution in [1.82, 2.24) is 19.5 Å². The number of imidazole rings is 1. The molecule has 1 aliphatic heterocycles. The second kappa shape index (κ2) is 6.84. The van der Waals surface area contributed by atoms with Crippen molar-refractivity contribution in [2.75, 3.05) is 20.3 Å². The number of carbonyl (C=O) groups excluding carboxylic acids is 1. The third-order valence-corrected chi connectivity index (χ3v) is 4.61. The Bertz CT molecular complexity index is 1070. The maximum Gasteiger partial charge on any atom is 0.359 e. The number of aromatic hydroxyl groups is 1. The highest BCUT2D eigenvalue weighted by atomic mass is 16.5. The van der Waals surface area contributed by atoms with Crippen LogP contribution in [0.3, 0.4) is 0 Å². The predicted molar refractivity (Wildman–Crippen MR) is 95.7 cm³/mol. The maximum atomic E-state index is 12.6. The molecule has 9 nitrogen and oxygen atoms in total. The summed E-state index contributed by atoms with van der Waals surface area (Å²) in [6, 6.07) is 6.30. The van der Waals surface area contributed by atoms with Crippen LogP contribution in [0.25, 0.3) is 22.6 Å². The van der Waals surface area contributed by atoms with E-state index >= 15 is 0 Å². The van der Waals surface area contributed by atoms with E-state index in [-0.39, 0.29) is 34.5 Å². The molecule has 0 atom stereocenters. The fourth-order valence-electron chi connectivity index (χ4n) is 3.30. The molecular weight excluding hydrogens is 352 g/mol. The number of methoxy groups -OCH3 is 1. The summed E-state index contributed by atoms with van der Waals surface area (Å²) in [6.45, 7) is 1.11. The molecule has 0 spiro atoms. The van der Waals surface area contributed by atoms with E-state index in [4.69, 9.17) is 9.47 Å². The fraction of sp³-hybridized carbons (Fsp3) is 0.333. The van der Waals surface area contributed by atoms with E-state index in [1.54, 1.807) is 16.7 Å². The molecule has 2 N–H and O–H groups in total. The number of phenolic OH excluding ortho intramolecular Hbond substituents is 1. The number of hydrogen-bond donors (Lipinski definition) is 2. The second-order valence-electron chi connectivity index (χ2n) is 6.28. The summed E-state index contributed by atoms with van der Waals surface area (Å²) in [7, 11) is 1.25. The zero-order valence-electron chi connectivity index (χ0n) is 14.6. The Morgan fingerprint density at radius 3 is 2.81 bits per heavy atom. The van der Waals surface area contributed by atoms with E-state index in [9.17, 15) is 14.7 Å². The van der Waals surface area contributed by atoms with Crippen molar-refractivity contribution in [3.8, 4) is 17.1 Å². The molecule has 0 unspecified atom stereocenters. The summed E-state index contributed by atoms with van der Waals surface area (Å²) in [6.07, 6.45) is 1.34. The molecule has 0 aliphatic carbocycles. The lowest BCUT2D eigenvalue weighted by atomic mass is 10.1. The minimum atomic E-state index is -0.677. The Labute approximate surface area is 153 Å². The normalized spacial score (nSPS) is 15.1. The van der Waals surface area contributed by atoms with Gasteiger partial charge in [0.15, 0.2) is 17.2 Å². The molecule has 1 aromatic carbocycles. The Balaban J connectivity index is 1.98. The van der Waals surface area contributed by atoms with E-state index in [1.807, 2.05) is 0 Å². The van der Waals surface area contributed by atoms with Gasteiger partial charge in [-0.1, -0.05) is 12.1 Å². The third kappa shape index (κ3) is 3.06. The summed E-state index contributed by atoms with van der Waals surface area (Å²) >= 11 is 0. The van der Waals surface area contributed by atoms with E-state index in [0.717, 1.165) is 0 Å². The third-order valence-electron chi connectivity index (χ3n) is 4.61. The van der Waals surface area contributed by atoms with Crippen molar-refractivity contribution in [2.24, 2.45) is 0 Å². The molecular formula is C18H18N4O5. The molecule has 3 aromatic rings. The van der Waals surface area contributed by atoms with Gasteiger partial charge in [0.2, 0.25) is 0 Å². The molecule has 0 bridgehead atoms. The molecule has 3 heterocycles. The molecule has 4 rings (SSSR count). The minimum Gasteiger partial charge on any atom is -0.508 e. The van der Waals surface area contributed by atoms with Gasteiger partial charge in [-0.15, -0.1) is 0 Å². The molecule has 0 saturated carbocycles. The van der Waals surface area contributed by atoms with Gasteiger partial charge in [-0.2, -0.15) is 0 Å². The smallest absolute Gasteiger partial charge is 0.359 e. The number of carbonyl (C=O) groups is 1. The van der Waals surface area contributed by atoms with E-state index in [2.05, 4.69) is 15.0 Å². The first kappa shape index (κ1) is 17.2. The quantitative estimate of drug-likeness (QED) is 0.673. The lowest BCUT2D eigenvalue weighted by Gasteiger charge is -2.22. The van der Waals surface area contributed by atoms with Crippen LogP contribution in [0.1, 0.15) is 29.4 Å². The Hall–Kier alpha value is -3.20. The van der Waals surface area contributed by atoms with E-state index < -0.39 is 5.97 Å². The molecule has 1 aliphatic rings. The highest BCUT2D eigenvalue weighted by Crippen LogP contribution is 2.27. The van der Waals surface area contributed by atoms with Gasteiger partial charge in [0.05, 0.1) is 7.11 Å². The molecule has 0 amide bonds. The molecule has 9 heteroatoms. The van der Waals surface area contributed by atoms with Crippen LogP contribution in [0, 0.1) is 0 Å². The number of aromatic nitrogens is 4. The number of H-pyrrole nitrogens is 1. The molecule has 2 aromatic heterocycles. The second-order valence-corrected chi connectivity index (χ2v) is 6.28.